The fourth-order valence-electron chi connectivity index (χ4n) is 3.38. The van der Waals surface area contributed by atoms with E-state index in [0.29, 0.717) is 32.4 Å². The Hall–Kier alpha value is -2.33. The van der Waals surface area contributed by atoms with Gasteiger partial charge in [-0.2, -0.15) is 13.2 Å². The minimum absolute atomic E-state index is 0.151. The Balaban J connectivity index is 1.96. The molecular formula is C21H24F3N3O6S3. The second-order valence-corrected chi connectivity index (χ2v) is 12.4. The van der Waals surface area contributed by atoms with Crippen LogP contribution >= 0.6 is 11.8 Å². The quantitative estimate of drug-likeness (QED) is 0.441. The van der Waals surface area contributed by atoms with Crippen LogP contribution in [0.4, 0.5) is 18.9 Å². The average molecular weight is 568 g/mol. The molecule has 0 unspecified atom stereocenters. The largest absolute Gasteiger partial charge is 0.501 e. The summed E-state index contributed by atoms with van der Waals surface area (Å²) in [7, 11) is -10.4. The van der Waals surface area contributed by atoms with Gasteiger partial charge < -0.3 is 15.0 Å². The summed E-state index contributed by atoms with van der Waals surface area (Å²) in [5.41, 5.74) is -6.19. The first-order valence-electron chi connectivity index (χ1n) is 10.6. The van der Waals surface area contributed by atoms with Crippen LogP contribution in [0.5, 0.6) is 0 Å². The van der Waals surface area contributed by atoms with Crippen molar-refractivity contribution in [2.45, 2.75) is 32.7 Å². The molecule has 1 saturated heterocycles. The molecule has 0 aliphatic carbocycles. The van der Waals surface area contributed by atoms with Crippen LogP contribution < -0.4 is 10.5 Å². The number of thioether (sulfide) groups is 1. The molecule has 1 amide bonds. The number of halogens is 3. The summed E-state index contributed by atoms with van der Waals surface area (Å²) in [6.45, 7) is 1.42. The van der Waals surface area contributed by atoms with Gasteiger partial charge in [-0.25, -0.2) is 22.0 Å². The van der Waals surface area contributed by atoms with Gasteiger partial charge in [-0.1, -0.05) is 18.2 Å². The number of ether oxygens (including phenoxy) is 1. The van der Waals surface area contributed by atoms with Crippen molar-refractivity contribution < 1.29 is 39.5 Å². The molecule has 3 rings (SSSR count). The van der Waals surface area contributed by atoms with Crippen LogP contribution in [-0.2, 0) is 29.4 Å². The Morgan fingerprint density at radius 1 is 1.08 bits per heavy atom. The number of anilines is 1. The van der Waals surface area contributed by atoms with E-state index in [1.54, 1.807) is 17.0 Å². The van der Waals surface area contributed by atoms with E-state index in [1.807, 2.05) is 18.2 Å². The molecule has 36 heavy (non-hydrogen) atoms. The van der Waals surface area contributed by atoms with Crippen molar-refractivity contribution in [1.82, 2.24) is 4.90 Å². The number of sulfone groups is 1. The third kappa shape index (κ3) is 7.12. The Bertz CT molecular complexity index is 1280. The smallest absolute Gasteiger partial charge is 0.380 e. The summed E-state index contributed by atoms with van der Waals surface area (Å²) in [4.78, 5) is 13.2. The molecule has 0 saturated carbocycles. The molecule has 1 heterocycles. The van der Waals surface area contributed by atoms with E-state index >= 15 is 0 Å². The highest BCUT2D eigenvalue weighted by Crippen LogP contribution is 2.36. The zero-order valence-electron chi connectivity index (χ0n) is 18.8. The molecule has 9 nitrogen and oxygen atoms in total. The fraction of sp³-hybridized carbons (Fsp3) is 0.381. The van der Waals surface area contributed by atoms with Crippen LogP contribution in [0.1, 0.15) is 6.42 Å². The zero-order valence-corrected chi connectivity index (χ0v) is 21.2. The number of nitrogens with zero attached hydrogens (tertiary/aromatic N) is 1. The lowest BCUT2D eigenvalue weighted by atomic mass is 10.2. The molecule has 1 atom stereocenters. The third-order valence-corrected chi connectivity index (χ3v) is 8.83. The maximum Gasteiger partial charge on any atom is 0.501 e. The highest BCUT2D eigenvalue weighted by atomic mass is 32.2. The van der Waals surface area contributed by atoms with Gasteiger partial charge in [0.25, 0.3) is 9.84 Å². The molecule has 1 fully saturated rings. The molecule has 2 aromatic carbocycles. The zero-order chi connectivity index (χ0) is 26.6. The number of rotatable bonds is 9. The number of morpholine rings is 1. The predicted octanol–water partition coefficient (Wildman–Crippen LogP) is 2.45. The van der Waals surface area contributed by atoms with Crippen molar-refractivity contribution in [3.63, 3.8) is 0 Å². The lowest BCUT2D eigenvalue weighted by Crippen LogP contribution is -2.43. The number of carbonyl (C=O) groups excluding carboxylic acids is 1. The predicted molar refractivity (Wildman–Crippen MR) is 128 cm³/mol. The number of amides is 1. The first-order chi connectivity index (χ1) is 16.8. The van der Waals surface area contributed by atoms with Crippen LogP contribution in [0.15, 0.2) is 63.2 Å². The van der Waals surface area contributed by atoms with Gasteiger partial charge in [-0.3, -0.25) is 4.79 Å². The molecule has 1 aliphatic heterocycles. The number of hydrogen-bond donors (Lipinski definition) is 2. The summed E-state index contributed by atoms with van der Waals surface area (Å²) in [5.74, 6) is -0.0893. The van der Waals surface area contributed by atoms with Crippen molar-refractivity contribution in [3.8, 4) is 0 Å². The summed E-state index contributed by atoms with van der Waals surface area (Å²) in [6, 6.07) is 10.4. The second-order valence-electron chi connectivity index (χ2n) is 7.81. The van der Waals surface area contributed by atoms with Crippen molar-refractivity contribution in [1.29, 1.82) is 0 Å². The Morgan fingerprint density at radius 3 is 2.31 bits per heavy atom. The first-order valence-corrected chi connectivity index (χ1v) is 14.6. The Kier molecular flexibility index (Phi) is 8.93. The van der Waals surface area contributed by atoms with E-state index in [0.717, 1.165) is 17.0 Å². The van der Waals surface area contributed by atoms with Crippen molar-refractivity contribution in [3.05, 3.63) is 48.5 Å². The van der Waals surface area contributed by atoms with Gasteiger partial charge in [0.1, 0.15) is 4.90 Å². The van der Waals surface area contributed by atoms with E-state index in [1.165, 1.54) is 11.8 Å². The molecule has 198 valence electrons. The van der Waals surface area contributed by atoms with E-state index in [4.69, 9.17) is 9.88 Å². The average Bonchev–Trinajstić information content (AvgIpc) is 2.82. The summed E-state index contributed by atoms with van der Waals surface area (Å²) in [6.07, 6.45) is -0.151. The van der Waals surface area contributed by atoms with Crippen molar-refractivity contribution in [2.24, 2.45) is 5.14 Å². The van der Waals surface area contributed by atoms with Crippen LogP contribution in [0.2, 0.25) is 0 Å². The molecule has 15 heteroatoms. The molecular weight excluding hydrogens is 543 g/mol. The van der Waals surface area contributed by atoms with Gasteiger partial charge >= 0.3 is 5.51 Å². The Labute approximate surface area is 211 Å². The van der Waals surface area contributed by atoms with Crippen molar-refractivity contribution >= 4 is 43.2 Å². The van der Waals surface area contributed by atoms with E-state index < -0.39 is 46.9 Å². The van der Waals surface area contributed by atoms with Crippen LogP contribution in [0.3, 0.4) is 0 Å². The van der Waals surface area contributed by atoms with E-state index in [9.17, 15) is 34.8 Å². The maximum atomic E-state index is 13.4. The molecule has 2 aromatic rings. The molecule has 1 aliphatic rings. The van der Waals surface area contributed by atoms with Crippen molar-refractivity contribution in [2.75, 3.05) is 37.4 Å². The highest BCUT2D eigenvalue weighted by Gasteiger charge is 2.48. The van der Waals surface area contributed by atoms with Crippen LogP contribution in [0, 0.1) is 0 Å². The molecule has 0 bridgehead atoms. The third-order valence-electron chi connectivity index (χ3n) is 5.21. The van der Waals surface area contributed by atoms with E-state index in [-0.39, 0.29) is 18.1 Å². The minimum Gasteiger partial charge on any atom is -0.380 e. The normalized spacial score (nSPS) is 15.9. The number of nitrogens with two attached hydrogens (primary N) is 1. The van der Waals surface area contributed by atoms with Crippen LogP contribution in [-0.4, -0.2) is 71.2 Å². The van der Waals surface area contributed by atoms with Crippen LogP contribution in [0.25, 0.3) is 0 Å². The lowest BCUT2D eigenvalue weighted by molar-refractivity contribution is -0.135. The maximum absolute atomic E-state index is 13.4. The standard InChI is InChI=1S/C21H24F3N3O6S3/c22-21(23,24)35(29,30)19-13-17(36(25,31)32)6-7-18(19)26-15(14-34-16-4-2-1-3-5-16)12-20(28)27-8-10-33-11-9-27/h1-7,13,15,26H,8-12,14H2,(H2,25,31,32)/t15-/m1/s1. The lowest BCUT2D eigenvalue weighted by Gasteiger charge is -2.29. The summed E-state index contributed by atoms with van der Waals surface area (Å²) >= 11 is 1.32. The molecule has 0 radical (unpaired) electrons. The second kappa shape index (κ2) is 11.4. The molecule has 3 N–H and O–H groups in total. The van der Waals surface area contributed by atoms with Gasteiger partial charge in [-0.15, -0.1) is 11.8 Å². The molecule has 0 aromatic heterocycles. The number of primary sulfonamides is 1. The van der Waals surface area contributed by atoms with Gasteiger partial charge in [0.2, 0.25) is 15.9 Å². The number of nitrogens with one attached hydrogen (secondary N) is 1. The van der Waals surface area contributed by atoms with E-state index in [2.05, 4.69) is 5.32 Å². The number of sulfonamides is 1. The summed E-state index contributed by atoms with van der Waals surface area (Å²) < 4.78 is 93.4. The SMILES string of the molecule is NS(=O)(=O)c1ccc(N[C@@H](CSc2ccccc2)CC(=O)N2CCOCC2)c(S(=O)(=O)C(F)(F)F)c1. The number of carbonyl (C=O) groups is 1. The van der Waals surface area contributed by atoms with Gasteiger partial charge in [-0.05, 0) is 30.3 Å². The summed E-state index contributed by atoms with van der Waals surface area (Å²) in [5, 5.41) is 7.73. The highest BCUT2D eigenvalue weighted by molar-refractivity contribution is 7.99. The number of alkyl halides is 3. The van der Waals surface area contributed by atoms with Gasteiger partial charge in [0.15, 0.2) is 0 Å². The monoisotopic (exact) mass is 567 g/mol. The van der Waals surface area contributed by atoms with Gasteiger partial charge in [0, 0.05) is 36.2 Å². The molecule has 0 spiro atoms. The van der Waals surface area contributed by atoms with Gasteiger partial charge in [0.05, 0.1) is 23.8 Å². The number of benzene rings is 2. The first kappa shape index (κ1) is 28.2. The fourth-order valence-corrected chi connectivity index (χ4v) is 5.89. The Morgan fingerprint density at radius 2 is 1.72 bits per heavy atom. The number of hydrogen-bond acceptors (Lipinski definition) is 8. The topological polar surface area (TPSA) is 136 Å². The minimum atomic E-state index is -5.95.